The Labute approximate surface area is 184 Å². The zero-order valence-corrected chi connectivity index (χ0v) is 17.0. The number of halogens is 3. The molecule has 3 aromatic carbocycles. The van der Waals surface area contributed by atoms with Gasteiger partial charge in [-0.15, -0.1) is 0 Å². The molecule has 1 N–H and O–H groups in total. The number of amides is 1. The number of non-ortho nitro benzene ring substituents is 1. The van der Waals surface area contributed by atoms with Crippen LogP contribution in [-0.4, -0.2) is 27.5 Å². The second-order valence-corrected chi connectivity index (χ2v) is 6.93. The Hall–Kier alpha value is -4.41. The first-order valence-electron chi connectivity index (χ1n) is 9.47. The van der Waals surface area contributed by atoms with Crippen molar-refractivity contribution in [2.75, 3.05) is 12.4 Å². The molecule has 0 saturated heterocycles. The third-order valence-electron chi connectivity index (χ3n) is 4.82. The van der Waals surface area contributed by atoms with Crippen LogP contribution in [0.15, 0.2) is 66.7 Å². The van der Waals surface area contributed by atoms with E-state index >= 15 is 0 Å². The first-order chi connectivity index (χ1) is 15.7. The van der Waals surface area contributed by atoms with Gasteiger partial charge in [0.25, 0.3) is 11.6 Å². The van der Waals surface area contributed by atoms with Crippen molar-refractivity contribution in [1.82, 2.24) is 9.55 Å². The average Bonchev–Trinajstić information content (AvgIpc) is 3.19. The highest BCUT2D eigenvalue weighted by Crippen LogP contribution is 2.35. The van der Waals surface area contributed by atoms with Crippen LogP contribution in [0.4, 0.5) is 24.5 Å². The average molecular weight is 456 g/mol. The summed E-state index contributed by atoms with van der Waals surface area (Å²) in [5.74, 6) is -1.32. The third kappa shape index (κ3) is 4.33. The molecule has 11 heteroatoms. The van der Waals surface area contributed by atoms with E-state index < -0.39 is 22.8 Å². The van der Waals surface area contributed by atoms with Gasteiger partial charge in [-0.1, -0.05) is 6.07 Å². The van der Waals surface area contributed by atoms with Crippen LogP contribution in [0, 0.1) is 10.1 Å². The number of nitrogens with one attached hydrogen (secondary N) is 1. The number of carbonyl (C=O) groups is 1. The summed E-state index contributed by atoms with van der Waals surface area (Å²) in [7, 11) is 1.41. The lowest BCUT2D eigenvalue weighted by molar-refractivity contribution is -0.384. The maximum Gasteiger partial charge on any atom is 0.450 e. The molecule has 0 unspecified atom stereocenters. The topological polar surface area (TPSA) is 99.3 Å². The van der Waals surface area contributed by atoms with Gasteiger partial charge < -0.3 is 10.1 Å². The van der Waals surface area contributed by atoms with E-state index in [9.17, 15) is 28.1 Å². The predicted molar refractivity (Wildman–Crippen MR) is 114 cm³/mol. The van der Waals surface area contributed by atoms with Gasteiger partial charge in [-0.2, -0.15) is 13.2 Å². The van der Waals surface area contributed by atoms with Crippen molar-refractivity contribution in [3.63, 3.8) is 0 Å². The number of nitrogens with zero attached hydrogens (tertiary/aromatic N) is 3. The highest BCUT2D eigenvalue weighted by Gasteiger charge is 2.38. The number of alkyl halides is 3. The van der Waals surface area contributed by atoms with Crippen LogP contribution in [0.3, 0.4) is 0 Å². The standard InChI is InChI=1S/C22H15F3N4O4/c1-33-17-9-10-19-18(12-17)27-21(22(23,24)25)28(19)15-7-5-14(6-8-15)26-20(30)13-3-2-4-16(11-13)29(31)32/h2-12H,1H3,(H,26,30). The number of anilines is 1. The number of benzene rings is 3. The van der Waals surface area contributed by atoms with Crippen LogP contribution in [0.2, 0.25) is 0 Å². The van der Waals surface area contributed by atoms with Gasteiger partial charge in [-0.05, 0) is 42.5 Å². The normalized spacial score (nSPS) is 11.4. The predicted octanol–water partition coefficient (Wildman–Crippen LogP) is 5.21. The fourth-order valence-electron chi connectivity index (χ4n) is 3.30. The Morgan fingerprint density at radius 2 is 1.82 bits per heavy atom. The number of methoxy groups -OCH3 is 1. The minimum absolute atomic E-state index is 0.0715. The zero-order chi connectivity index (χ0) is 23.8. The Kier molecular flexibility index (Phi) is 5.46. The summed E-state index contributed by atoms with van der Waals surface area (Å²) in [6.45, 7) is 0. The van der Waals surface area contributed by atoms with Crippen molar-refractivity contribution in [3.8, 4) is 11.4 Å². The molecule has 33 heavy (non-hydrogen) atoms. The van der Waals surface area contributed by atoms with Crippen LogP contribution < -0.4 is 10.1 Å². The second kappa shape index (κ2) is 8.26. The quantitative estimate of drug-likeness (QED) is 0.328. The van der Waals surface area contributed by atoms with Crippen molar-refractivity contribution >= 4 is 28.3 Å². The number of nitro benzene ring substituents is 1. The molecular formula is C22H15F3N4O4. The molecule has 0 aliphatic rings. The van der Waals surface area contributed by atoms with Gasteiger partial charge in [-0.25, -0.2) is 4.98 Å². The van der Waals surface area contributed by atoms with Gasteiger partial charge in [0.05, 0.1) is 23.1 Å². The van der Waals surface area contributed by atoms with Gasteiger partial charge in [0, 0.05) is 35.1 Å². The lowest BCUT2D eigenvalue weighted by atomic mass is 10.2. The van der Waals surface area contributed by atoms with Crippen molar-refractivity contribution < 1.29 is 27.6 Å². The summed E-state index contributed by atoms with van der Waals surface area (Å²) >= 11 is 0. The minimum atomic E-state index is -4.71. The number of nitro groups is 1. The number of aromatic nitrogens is 2. The SMILES string of the molecule is COc1ccc2c(c1)nc(C(F)(F)F)n2-c1ccc(NC(=O)c2cccc([N+](=O)[O-])c2)cc1. The number of rotatable bonds is 5. The molecule has 4 aromatic rings. The van der Waals surface area contributed by atoms with Crippen LogP contribution >= 0.6 is 0 Å². The highest BCUT2D eigenvalue weighted by atomic mass is 19.4. The summed E-state index contributed by atoms with van der Waals surface area (Å²) in [5.41, 5.74) is 0.669. The Bertz CT molecular complexity index is 1360. The number of fused-ring (bicyclic) bond motifs is 1. The number of carbonyl (C=O) groups excluding carboxylic acids is 1. The second-order valence-electron chi connectivity index (χ2n) is 6.93. The molecule has 8 nitrogen and oxygen atoms in total. The fourth-order valence-corrected chi connectivity index (χ4v) is 3.30. The van der Waals surface area contributed by atoms with Crippen molar-refractivity contribution in [1.29, 1.82) is 0 Å². The summed E-state index contributed by atoms with van der Waals surface area (Å²) < 4.78 is 47.0. The molecule has 0 aliphatic carbocycles. The van der Waals surface area contributed by atoms with Crippen LogP contribution in [0.5, 0.6) is 5.75 Å². The van der Waals surface area contributed by atoms with Crippen LogP contribution in [-0.2, 0) is 6.18 Å². The van der Waals surface area contributed by atoms with E-state index in [4.69, 9.17) is 4.74 Å². The zero-order valence-electron chi connectivity index (χ0n) is 17.0. The van der Waals surface area contributed by atoms with Crippen molar-refractivity contribution in [3.05, 3.63) is 88.2 Å². The van der Waals surface area contributed by atoms with Gasteiger partial charge in [0.2, 0.25) is 5.82 Å². The molecule has 168 valence electrons. The molecule has 0 aliphatic heterocycles. The van der Waals surface area contributed by atoms with Crippen molar-refractivity contribution in [2.24, 2.45) is 0 Å². The number of hydrogen-bond donors (Lipinski definition) is 1. The van der Waals surface area contributed by atoms with Crippen LogP contribution in [0.25, 0.3) is 16.7 Å². The highest BCUT2D eigenvalue weighted by molar-refractivity contribution is 6.04. The van der Waals surface area contributed by atoms with E-state index in [-0.39, 0.29) is 28.0 Å². The van der Waals surface area contributed by atoms with E-state index in [1.807, 2.05) is 0 Å². The molecular weight excluding hydrogens is 441 g/mol. The van der Waals surface area contributed by atoms with Gasteiger partial charge in [0.15, 0.2) is 0 Å². The molecule has 1 amide bonds. The number of hydrogen-bond acceptors (Lipinski definition) is 5. The maximum atomic E-state index is 13.7. The summed E-state index contributed by atoms with van der Waals surface area (Å²) in [5, 5.41) is 13.5. The molecule has 0 fully saturated rings. The van der Waals surface area contributed by atoms with Crippen LogP contribution in [0.1, 0.15) is 16.2 Å². The molecule has 4 rings (SSSR count). The van der Waals surface area contributed by atoms with E-state index in [1.54, 1.807) is 0 Å². The van der Waals surface area contributed by atoms with E-state index in [2.05, 4.69) is 10.3 Å². The Morgan fingerprint density at radius 3 is 2.45 bits per heavy atom. The first-order valence-corrected chi connectivity index (χ1v) is 9.47. The van der Waals surface area contributed by atoms with Gasteiger partial charge >= 0.3 is 6.18 Å². The first kappa shape index (κ1) is 21.8. The lowest BCUT2D eigenvalue weighted by Crippen LogP contribution is -2.14. The Morgan fingerprint density at radius 1 is 1.09 bits per heavy atom. The molecule has 0 atom stereocenters. The summed E-state index contributed by atoms with van der Waals surface area (Å²) in [6, 6.07) is 15.3. The summed E-state index contributed by atoms with van der Waals surface area (Å²) in [4.78, 5) is 26.4. The minimum Gasteiger partial charge on any atom is -0.497 e. The number of imidazole rings is 1. The van der Waals surface area contributed by atoms with Gasteiger partial charge in [0.1, 0.15) is 5.75 Å². The number of ether oxygens (including phenoxy) is 1. The molecule has 0 spiro atoms. The maximum absolute atomic E-state index is 13.7. The lowest BCUT2D eigenvalue weighted by Gasteiger charge is -2.12. The largest absolute Gasteiger partial charge is 0.497 e. The van der Waals surface area contributed by atoms with E-state index in [0.717, 1.165) is 10.6 Å². The van der Waals surface area contributed by atoms with Gasteiger partial charge in [-0.3, -0.25) is 19.5 Å². The van der Waals surface area contributed by atoms with E-state index in [1.165, 1.54) is 67.8 Å². The Balaban J connectivity index is 1.66. The molecule has 0 saturated carbocycles. The molecule has 1 heterocycles. The van der Waals surface area contributed by atoms with Crippen molar-refractivity contribution in [2.45, 2.75) is 6.18 Å². The van der Waals surface area contributed by atoms with E-state index in [0.29, 0.717) is 11.4 Å². The monoisotopic (exact) mass is 456 g/mol. The molecule has 1 aromatic heterocycles. The third-order valence-corrected chi connectivity index (χ3v) is 4.82. The smallest absolute Gasteiger partial charge is 0.450 e. The summed E-state index contributed by atoms with van der Waals surface area (Å²) in [6.07, 6.45) is -4.71. The molecule has 0 radical (unpaired) electrons. The fraction of sp³-hybridized carbons (Fsp3) is 0.0909. The molecule has 0 bridgehead atoms.